The third kappa shape index (κ3) is 2.80. The maximum atomic E-state index is 12.0. The van der Waals surface area contributed by atoms with Crippen LogP contribution in [0, 0.1) is 0 Å². The molecule has 2 amide bonds. The Kier molecular flexibility index (Phi) is 4.08. The summed E-state index contributed by atoms with van der Waals surface area (Å²) >= 11 is 1.43. The third-order valence-corrected chi connectivity index (χ3v) is 5.71. The zero-order chi connectivity index (χ0) is 18.3. The first-order valence-electron chi connectivity index (χ1n) is 8.36. The Morgan fingerprint density at radius 3 is 2.62 bits per heavy atom. The molecule has 0 saturated carbocycles. The van der Waals surface area contributed by atoms with Crippen molar-refractivity contribution in [1.82, 2.24) is 0 Å². The van der Waals surface area contributed by atoms with Crippen LogP contribution in [0.2, 0.25) is 0 Å². The van der Waals surface area contributed by atoms with Crippen LogP contribution in [0.15, 0.2) is 39.7 Å². The van der Waals surface area contributed by atoms with Crippen molar-refractivity contribution in [3.05, 3.63) is 57.5 Å². The number of hydrogen-bond donors (Lipinski definition) is 2. The number of rotatable bonds is 3. The summed E-state index contributed by atoms with van der Waals surface area (Å²) in [5, 5.41) is 1.23. The zero-order valence-corrected chi connectivity index (χ0v) is 14.8. The van der Waals surface area contributed by atoms with Gasteiger partial charge in [-0.2, -0.15) is 0 Å². The summed E-state index contributed by atoms with van der Waals surface area (Å²) in [5.41, 5.74) is 13.4. The molecule has 1 aromatic carbocycles. The SMILES string of the molecule is NC(=O)c1c(N=c2oc3ccccc3cc2C(N)=O)sc2c1CCCC2. The molecule has 132 valence electrons. The molecule has 0 atom stereocenters. The lowest BCUT2D eigenvalue weighted by Gasteiger charge is -2.10. The molecule has 1 aliphatic rings. The summed E-state index contributed by atoms with van der Waals surface area (Å²) in [7, 11) is 0. The molecular weight excluding hydrogens is 350 g/mol. The van der Waals surface area contributed by atoms with E-state index in [1.807, 2.05) is 18.2 Å². The number of para-hydroxylation sites is 1. The van der Waals surface area contributed by atoms with E-state index in [1.165, 1.54) is 11.3 Å². The molecule has 26 heavy (non-hydrogen) atoms. The lowest BCUT2D eigenvalue weighted by molar-refractivity contribution is 0.0990. The highest BCUT2D eigenvalue weighted by Crippen LogP contribution is 2.39. The van der Waals surface area contributed by atoms with Gasteiger partial charge in [0.05, 0.1) is 5.56 Å². The van der Waals surface area contributed by atoms with E-state index in [0.29, 0.717) is 16.1 Å². The van der Waals surface area contributed by atoms with E-state index in [0.717, 1.165) is 41.5 Å². The molecule has 4 N–H and O–H groups in total. The quantitative estimate of drug-likeness (QED) is 0.742. The van der Waals surface area contributed by atoms with Gasteiger partial charge in [-0.3, -0.25) is 9.59 Å². The molecular formula is C19H17N3O3S. The van der Waals surface area contributed by atoms with E-state index in [4.69, 9.17) is 15.9 Å². The highest BCUT2D eigenvalue weighted by molar-refractivity contribution is 7.16. The molecule has 0 unspecified atom stereocenters. The Morgan fingerprint density at radius 1 is 1.08 bits per heavy atom. The van der Waals surface area contributed by atoms with Gasteiger partial charge in [0.2, 0.25) is 5.55 Å². The first-order chi connectivity index (χ1) is 12.5. The van der Waals surface area contributed by atoms with Crippen molar-refractivity contribution in [3.63, 3.8) is 0 Å². The summed E-state index contributed by atoms with van der Waals surface area (Å²) in [6.07, 6.45) is 3.83. The number of hydrogen-bond acceptors (Lipinski definition) is 5. The van der Waals surface area contributed by atoms with Crippen LogP contribution in [-0.2, 0) is 12.8 Å². The number of primary amides is 2. The average Bonchev–Trinajstić information content (AvgIpc) is 2.99. The maximum Gasteiger partial charge on any atom is 0.254 e. The summed E-state index contributed by atoms with van der Waals surface area (Å²) < 4.78 is 5.81. The highest BCUT2D eigenvalue weighted by atomic mass is 32.1. The largest absolute Gasteiger partial charge is 0.437 e. The second kappa shape index (κ2) is 6.42. The van der Waals surface area contributed by atoms with Gasteiger partial charge in [0, 0.05) is 10.3 Å². The van der Waals surface area contributed by atoms with Gasteiger partial charge in [-0.25, -0.2) is 4.99 Å². The number of benzene rings is 1. The monoisotopic (exact) mass is 367 g/mol. The second-order valence-corrected chi connectivity index (χ2v) is 7.32. The van der Waals surface area contributed by atoms with Crippen LogP contribution >= 0.6 is 11.3 Å². The van der Waals surface area contributed by atoms with Crippen LogP contribution in [0.25, 0.3) is 11.0 Å². The number of carbonyl (C=O) groups excluding carboxylic acids is 2. The molecule has 6 nitrogen and oxygen atoms in total. The molecule has 4 rings (SSSR count). The zero-order valence-electron chi connectivity index (χ0n) is 14.0. The Labute approximate surface area is 153 Å². The Bertz CT molecular complexity index is 1110. The number of aryl methyl sites for hydroxylation is 1. The van der Waals surface area contributed by atoms with Crippen molar-refractivity contribution in [2.45, 2.75) is 25.7 Å². The second-order valence-electron chi connectivity index (χ2n) is 6.23. The maximum absolute atomic E-state index is 12.0. The number of nitrogens with two attached hydrogens (primary N) is 2. The molecule has 0 bridgehead atoms. The standard InChI is InChI=1S/C19H17N3O3S/c20-16(23)12-9-10-5-1-3-7-13(10)25-18(12)22-19-15(17(21)24)11-6-2-4-8-14(11)26-19/h1,3,5,7,9H,2,4,6,8H2,(H2,20,23)(H2,21,24). The Hall–Kier alpha value is -2.93. The van der Waals surface area contributed by atoms with E-state index >= 15 is 0 Å². The van der Waals surface area contributed by atoms with Crippen LogP contribution in [-0.4, -0.2) is 11.8 Å². The Balaban J connectivity index is 1.99. The van der Waals surface area contributed by atoms with Crippen molar-refractivity contribution < 1.29 is 14.0 Å². The van der Waals surface area contributed by atoms with E-state index in [2.05, 4.69) is 4.99 Å². The molecule has 2 aromatic heterocycles. The summed E-state index contributed by atoms with van der Waals surface area (Å²) in [4.78, 5) is 29.5. The molecule has 0 aliphatic heterocycles. The smallest absolute Gasteiger partial charge is 0.254 e. The summed E-state index contributed by atoms with van der Waals surface area (Å²) in [6, 6.07) is 8.94. The number of thiophene rings is 1. The van der Waals surface area contributed by atoms with Crippen LogP contribution < -0.4 is 17.0 Å². The van der Waals surface area contributed by atoms with Crippen LogP contribution in [0.1, 0.15) is 44.0 Å². The van der Waals surface area contributed by atoms with Crippen LogP contribution in [0.5, 0.6) is 0 Å². The fraction of sp³-hybridized carbons (Fsp3) is 0.211. The molecule has 3 aromatic rings. The lowest BCUT2D eigenvalue weighted by Crippen LogP contribution is -2.22. The minimum Gasteiger partial charge on any atom is -0.437 e. The predicted octanol–water partition coefficient (Wildman–Crippen LogP) is 2.80. The fourth-order valence-electron chi connectivity index (χ4n) is 3.31. The first-order valence-corrected chi connectivity index (χ1v) is 9.18. The molecule has 1 aliphatic carbocycles. The van der Waals surface area contributed by atoms with Crippen molar-refractivity contribution in [2.75, 3.05) is 0 Å². The average molecular weight is 367 g/mol. The topological polar surface area (TPSA) is 112 Å². The first kappa shape index (κ1) is 16.5. The van der Waals surface area contributed by atoms with Crippen LogP contribution in [0.4, 0.5) is 5.00 Å². The normalized spacial score (nSPS) is 14.4. The van der Waals surface area contributed by atoms with Gasteiger partial charge in [-0.15, -0.1) is 11.3 Å². The number of amides is 2. The van der Waals surface area contributed by atoms with E-state index in [-0.39, 0.29) is 11.1 Å². The number of nitrogens with zero attached hydrogens (tertiary/aromatic N) is 1. The van der Waals surface area contributed by atoms with Gasteiger partial charge in [0.1, 0.15) is 16.1 Å². The molecule has 0 radical (unpaired) electrons. The lowest BCUT2D eigenvalue weighted by atomic mass is 9.95. The van der Waals surface area contributed by atoms with Crippen LogP contribution in [0.3, 0.4) is 0 Å². The molecule has 0 spiro atoms. The van der Waals surface area contributed by atoms with Crippen molar-refractivity contribution >= 4 is 39.1 Å². The summed E-state index contributed by atoms with van der Waals surface area (Å²) in [5.74, 6) is -1.15. The molecule has 7 heteroatoms. The summed E-state index contributed by atoms with van der Waals surface area (Å²) in [6.45, 7) is 0. The predicted molar refractivity (Wildman–Crippen MR) is 99.4 cm³/mol. The Morgan fingerprint density at radius 2 is 1.85 bits per heavy atom. The molecule has 0 saturated heterocycles. The third-order valence-electron chi connectivity index (χ3n) is 4.52. The van der Waals surface area contributed by atoms with Gasteiger partial charge in [-0.05, 0) is 43.4 Å². The fourth-order valence-corrected chi connectivity index (χ4v) is 4.57. The van der Waals surface area contributed by atoms with E-state index < -0.39 is 11.8 Å². The van der Waals surface area contributed by atoms with E-state index in [1.54, 1.807) is 12.1 Å². The van der Waals surface area contributed by atoms with Gasteiger partial charge < -0.3 is 15.9 Å². The van der Waals surface area contributed by atoms with Gasteiger partial charge >= 0.3 is 0 Å². The minimum atomic E-state index is -0.639. The molecule has 0 fully saturated rings. The van der Waals surface area contributed by atoms with Gasteiger partial charge in [0.15, 0.2) is 0 Å². The van der Waals surface area contributed by atoms with Crippen molar-refractivity contribution in [2.24, 2.45) is 16.5 Å². The number of fused-ring (bicyclic) bond motifs is 2. The van der Waals surface area contributed by atoms with Gasteiger partial charge in [0.25, 0.3) is 11.8 Å². The molecule has 2 heterocycles. The number of carbonyl (C=O) groups is 2. The van der Waals surface area contributed by atoms with Gasteiger partial charge in [-0.1, -0.05) is 18.2 Å². The van der Waals surface area contributed by atoms with E-state index in [9.17, 15) is 9.59 Å². The van der Waals surface area contributed by atoms with Crippen molar-refractivity contribution in [1.29, 1.82) is 0 Å². The highest BCUT2D eigenvalue weighted by Gasteiger charge is 2.24. The minimum absolute atomic E-state index is 0.0947. The van der Waals surface area contributed by atoms with Crippen molar-refractivity contribution in [3.8, 4) is 0 Å².